The van der Waals surface area contributed by atoms with E-state index in [1.807, 2.05) is 6.92 Å². The summed E-state index contributed by atoms with van der Waals surface area (Å²) < 4.78 is 69.9. The van der Waals surface area contributed by atoms with Crippen LogP contribution < -0.4 is 4.74 Å². The van der Waals surface area contributed by atoms with Gasteiger partial charge in [-0.25, -0.2) is 13.2 Å². The van der Waals surface area contributed by atoms with Crippen LogP contribution in [0.25, 0.3) is 11.1 Å². The lowest BCUT2D eigenvalue weighted by molar-refractivity contribution is 0.0325. The normalized spacial score (nSPS) is 17.4. The summed E-state index contributed by atoms with van der Waals surface area (Å²) in [6, 6.07) is 13.4. The van der Waals surface area contributed by atoms with E-state index in [1.165, 1.54) is 12.1 Å². The van der Waals surface area contributed by atoms with Crippen LogP contribution in [0.1, 0.15) is 61.6 Å². The Hall–Kier alpha value is -3.12. The van der Waals surface area contributed by atoms with Crippen molar-refractivity contribution in [3.05, 3.63) is 101 Å². The molecule has 0 unspecified atom stereocenters. The third-order valence-electron chi connectivity index (χ3n) is 7.28. The van der Waals surface area contributed by atoms with E-state index < -0.39 is 23.3 Å². The quantitative estimate of drug-likeness (QED) is 0.141. The minimum atomic E-state index is -0.995. The monoisotopic (exact) mass is 526 g/mol. The van der Waals surface area contributed by atoms with Crippen LogP contribution in [0, 0.1) is 23.3 Å². The Kier molecular flexibility index (Phi) is 9.62. The maximum absolute atomic E-state index is 15.1. The largest absolute Gasteiger partial charge is 0.490 e. The number of halogens is 4. The van der Waals surface area contributed by atoms with Gasteiger partial charge in [0.25, 0.3) is 0 Å². The highest BCUT2D eigenvalue weighted by Gasteiger charge is 2.26. The average molecular weight is 527 g/mol. The van der Waals surface area contributed by atoms with Gasteiger partial charge in [0.2, 0.25) is 5.82 Å². The van der Waals surface area contributed by atoms with Crippen molar-refractivity contribution >= 4 is 0 Å². The number of benzene rings is 3. The highest BCUT2D eigenvalue weighted by molar-refractivity contribution is 5.65. The maximum Gasteiger partial charge on any atom is 0.200 e. The van der Waals surface area contributed by atoms with Gasteiger partial charge in [0.1, 0.15) is 0 Å². The fourth-order valence-corrected chi connectivity index (χ4v) is 5.14. The summed E-state index contributed by atoms with van der Waals surface area (Å²) in [5.74, 6) is -3.64. The molecule has 2 nitrogen and oxygen atoms in total. The minimum absolute atomic E-state index is 0.00404. The molecule has 1 aliphatic carbocycles. The van der Waals surface area contributed by atoms with Crippen LogP contribution >= 0.6 is 0 Å². The summed E-state index contributed by atoms with van der Waals surface area (Å²) in [6.07, 6.45) is 6.42. The fourth-order valence-electron chi connectivity index (χ4n) is 5.14. The van der Waals surface area contributed by atoms with E-state index >= 15 is 8.78 Å². The van der Waals surface area contributed by atoms with Gasteiger partial charge in [0.15, 0.2) is 23.2 Å². The van der Waals surface area contributed by atoms with Gasteiger partial charge in [-0.3, -0.25) is 0 Å². The highest BCUT2D eigenvalue weighted by Crippen LogP contribution is 2.38. The zero-order valence-corrected chi connectivity index (χ0v) is 21.8. The lowest BCUT2D eigenvalue weighted by atomic mass is 9.82. The Morgan fingerprint density at radius 3 is 2.24 bits per heavy atom. The second-order valence-corrected chi connectivity index (χ2v) is 9.73. The Labute approximate surface area is 222 Å². The number of aryl methyl sites for hydroxylation is 2. The van der Waals surface area contributed by atoms with Gasteiger partial charge in [-0.05, 0) is 86.1 Å². The minimum Gasteiger partial charge on any atom is -0.490 e. The molecule has 0 aliphatic heterocycles. The van der Waals surface area contributed by atoms with E-state index in [9.17, 15) is 8.78 Å². The first kappa shape index (κ1) is 27.9. The van der Waals surface area contributed by atoms with Crippen LogP contribution in [-0.2, 0) is 17.6 Å². The van der Waals surface area contributed by atoms with E-state index in [0.29, 0.717) is 30.6 Å². The molecule has 0 radical (unpaired) electrons. The molecule has 4 rings (SSSR count). The molecule has 1 fully saturated rings. The Balaban J connectivity index is 1.40. The first-order valence-corrected chi connectivity index (χ1v) is 13.3. The molecular weight excluding hydrogens is 492 g/mol. The zero-order chi connectivity index (χ0) is 27.1. The number of hydrogen-bond donors (Lipinski definition) is 0. The second-order valence-electron chi connectivity index (χ2n) is 9.73. The first-order valence-electron chi connectivity index (χ1n) is 13.3. The third-order valence-corrected chi connectivity index (χ3v) is 7.28. The van der Waals surface area contributed by atoms with Gasteiger partial charge in [0.05, 0.1) is 12.7 Å². The summed E-state index contributed by atoms with van der Waals surface area (Å²) >= 11 is 0. The molecule has 0 saturated heterocycles. The summed E-state index contributed by atoms with van der Waals surface area (Å²) in [4.78, 5) is 0. The lowest BCUT2D eigenvalue weighted by Crippen LogP contribution is -2.21. The number of hydrogen-bond acceptors (Lipinski definition) is 2. The molecule has 6 heteroatoms. The molecule has 1 saturated carbocycles. The molecule has 3 aromatic carbocycles. The van der Waals surface area contributed by atoms with Gasteiger partial charge >= 0.3 is 0 Å². The summed E-state index contributed by atoms with van der Waals surface area (Å²) in [7, 11) is 0. The van der Waals surface area contributed by atoms with E-state index in [0.717, 1.165) is 31.2 Å². The van der Waals surface area contributed by atoms with Gasteiger partial charge < -0.3 is 9.47 Å². The first-order chi connectivity index (χ1) is 18.4. The highest BCUT2D eigenvalue weighted by atomic mass is 19.2. The van der Waals surface area contributed by atoms with Crippen molar-refractivity contribution in [2.45, 2.75) is 63.9 Å². The van der Waals surface area contributed by atoms with Crippen molar-refractivity contribution in [3.8, 4) is 16.9 Å². The molecule has 0 spiro atoms. The second kappa shape index (κ2) is 13.1. The lowest BCUT2D eigenvalue weighted by Gasteiger charge is -2.29. The Bertz CT molecular complexity index is 1230. The van der Waals surface area contributed by atoms with Crippen LogP contribution in [0.5, 0.6) is 5.75 Å². The van der Waals surface area contributed by atoms with Crippen molar-refractivity contribution < 1.29 is 27.0 Å². The smallest absolute Gasteiger partial charge is 0.200 e. The van der Waals surface area contributed by atoms with Crippen LogP contribution in [0.4, 0.5) is 17.6 Å². The SMILES string of the molecule is C=CCCOc1ccc(CCc2ccc(-c3ccc(C4CCC(OCC)CC4)c(F)c3F)cc2)c(F)c1F. The molecule has 202 valence electrons. The molecule has 3 aromatic rings. The maximum atomic E-state index is 15.1. The van der Waals surface area contributed by atoms with Crippen LogP contribution in [0.15, 0.2) is 61.2 Å². The van der Waals surface area contributed by atoms with Crippen molar-refractivity contribution in [2.75, 3.05) is 13.2 Å². The van der Waals surface area contributed by atoms with E-state index in [1.54, 1.807) is 42.5 Å². The van der Waals surface area contributed by atoms with Crippen molar-refractivity contribution in [2.24, 2.45) is 0 Å². The number of rotatable bonds is 11. The van der Waals surface area contributed by atoms with Gasteiger partial charge in [0, 0.05) is 12.2 Å². The summed E-state index contributed by atoms with van der Waals surface area (Å²) in [6.45, 7) is 6.44. The molecule has 0 N–H and O–H groups in total. The molecule has 0 bridgehead atoms. The topological polar surface area (TPSA) is 18.5 Å². The van der Waals surface area contributed by atoms with E-state index in [-0.39, 0.29) is 41.9 Å². The summed E-state index contributed by atoms with van der Waals surface area (Å²) in [5, 5.41) is 0. The van der Waals surface area contributed by atoms with Crippen molar-refractivity contribution in [1.29, 1.82) is 0 Å². The molecule has 1 aliphatic rings. The molecule has 0 atom stereocenters. The summed E-state index contributed by atoms with van der Waals surface area (Å²) in [5.41, 5.74) is 2.34. The van der Waals surface area contributed by atoms with Crippen LogP contribution in [0.3, 0.4) is 0 Å². The molecular formula is C32H34F4O2. The molecule has 38 heavy (non-hydrogen) atoms. The van der Waals surface area contributed by atoms with Crippen LogP contribution in [0.2, 0.25) is 0 Å². The Morgan fingerprint density at radius 1 is 0.816 bits per heavy atom. The van der Waals surface area contributed by atoms with Gasteiger partial charge in [-0.15, -0.1) is 6.58 Å². The predicted molar refractivity (Wildman–Crippen MR) is 142 cm³/mol. The standard InChI is InChI=1S/C32H34F4O2/c1-3-5-20-38-28-19-14-24(29(33)32(28)36)11-8-21-6-9-22(10-7-21)26-17-18-27(31(35)30(26)34)23-12-15-25(16-13-23)37-4-2/h3,6-7,9-10,14,17-19,23,25H,1,4-5,8,11-13,15-16,20H2,2H3. The van der Waals surface area contributed by atoms with E-state index in [4.69, 9.17) is 9.47 Å². The Morgan fingerprint density at radius 2 is 1.55 bits per heavy atom. The predicted octanol–water partition coefficient (Wildman–Crippen LogP) is 8.71. The third kappa shape index (κ3) is 6.47. The fraction of sp³-hybridized carbons (Fsp3) is 0.375. The zero-order valence-electron chi connectivity index (χ0n) is 21.8. The molecule has 0 heterocycles. The van der Waals surface area contributed by atoms with E-state index in [2.05, 4.69) is 6.58 Å². The van der Waals surface area contributed by atoms with Crippen molar-refractivity contribution in [1.82, 2.24) is 0 Å². The van der Waals surface area contributed by atoms with Gasteiger partial charge in [-0.1, -0.05) is 48.5 Å². The van der Waals surface area contributed by atoms with Crippen LogP contribution in [-0.4, -0.2) is 19.3 Å². The molecule has 0 amide bonds. The van der Waals surface area contributed by atoms with Gasteiger partial charge in [-0.2, -0.15) is 4.39 Å². The average Bonchev–Trinajstić information content (AvgIpc) is 2.93. The number of ether oxygens (including phenoxy) is 2. The van der Waals surface area contributed by atoms with Crippen molar-refractivity contribution in [3.63, 3.8) is 0 Å². The molecule has 0 aromatic heterocycles.